The molecule has 0 aliphatic rings. The fourth-order valence-corrected chi connectivity index (χ4v) is 3.13. The number of rotatable bonds is 9. The highest BCUT2D eigenvalue weighted by Crippen LogP contribution is 2.20. The molecule has 2 N–H and O–H groups in total. The van der Waals surface area contributed by atoms with Crippen molar-refractivity contribution >= 4 is 21.6 Å². The number of sulfonamides is 1. The minimum atomic E-state index is -3.16. The smallest absolute Gasteiger partial charge is 0.212 e. The van der Waals surface area contributed by atoms with E-state index < -0.39 is 10.0 Å². The summed E-state index contributed by atoms with van der Waals surface area (Å²) in [7, 11) is -3.16. The second-order valence-electron chi connectivity index (χ2n) is 4.66. The first-order valence-corrected chi connectivity index (χ1v) is 8.97. The standard InChI is InChI=1S/C14H23ClN2O2S/c1-3-5-14(12-6-8-13(15)9-7-12)16-10-11-20(18,19)17-4-2/h6-9,14,16-17H,3-5,10-11H2,1-2H3. The molecule has 1 atom stereocenters. The van der Waals surface area contributed by atoms with Crippen LogP contribution in [0.2, 0.25) is 5.02 Å². The molecule has 1 rings (SSSR count). The molecule has 0 saturated heterocycles. The van der Waals surface area contributed by atoms with Crippen LogP contribution in [0.5, 0.6) is 0 Å². The zero-order valence-corrected chi connectivity index (χ0v) is 13.6. The minimum Gasteiger partial charge on any atom is -0.309 e. The van der Waals surface area contributed by atoms with Crippen LogP contribution in [-0.4, -0.2) is 27.3 Å². The van der Waals surface area contributed by atoms with Crippen LogP contribution < -0.4 is 10.0 Å². The maximum atomic E-state index is 11.6. The van der Waals surface area contributed by atoms with Gasteiger partial charge in [0, 0.05) is 24.2 Å². The Labute approximate surface area is 127 Å². The van der Waals surface area contributed by atoms with Gasteiger partial charge in [0.05, 0.1) is 5.75 Å². The summed E-state index contributed by atoms with van der Waals surface area (Å²) in [6, 6.07) is 7.84. The van der Waals surface area contributed by atoms with Crippen LogP contribution in [0.15, 0.2) is 24.3 Å². The van der Waals surface area contributed by atoms with Gasteiger partial charge in [-0.25, -0.2) is 13.1 Å². The van der Waals surface area contributed by atoms with Crippen molar-refractivity contribution in [1.29, 1.82) is 0 Å². The molecule has 114 valence electrons. The summed E-state index contributed by atoms with van der Waals surface area (Å²) in [5, 5.41) is 4.02. The average molecular weight is 319 g/mol. The molecular weight excluding hydrogens is 296 g/mol. The molecule has 0 aromatic heterocycles. The van der Waals surface area contributed by atoms with Crippen molar-refractivity contribution in [3.05, 3.63) is 34.9 Å². The molecule has 0 saturated carbocycles. The summed E-state index contributed by atoms with van der Waals surface area (Å²) in [5.41, 5.74) is 1.14. The van der Waals surface area contributed by atoms with Gasteiger partial charge in [0.1, 0.15) is 0 Å². The van der Waals surface area contributed by atoms with Crippen molar-refractivity contribution in [2.24, 2.45) is 0 Å². The Balaban J connectivity index is 2.58. The Morgan fingerprint density at radius 2 is 1.85 bits per heavy atom. The predicted octanol–water partition coefficient (Wildman–Crippen LogP) is 2.71. The summed E-state index contributed by atoms with van der Waals surface area (Å²) < 4.78 is 25.7. The van der Waals surface area contributed by atoms with E-state index in [4.69, 9.17) is 11.6 Å². The first-order valence-electron chi connectivity index (χ1n) is 6.94. The van der Waals surface area contributed by atoms with Crippen LogP contribution in [-0.2, 0) is 10.0 Å². The monoisotopic (exact) mass is 318 g/mol. The van der Waals surface area contributed by atoms with Crippen molar-refractivity contribution in [1.82, 2.24) is 10.0 Å². The number of halogens is 1. The molecule has 0 bridgehead atoms. The highest BCUT2D eigenvalue weighted by Gasteiger charge is 2.13. The van der Waals surface area contributed by atoms with Gasteiger partial charge in [-0.15, -0.1) is 0 Å². The van der Waals surface area contributed by atoms with Crippen molar-refractivity contribution in [2.45, 2.75) is 32.7 Å². The summed E-state index contributed by atoms with van der Waals surface area (Å²) >= 11 is 5.88. The number of nitrogens with one attached hydrogen (secondary N) is 2. The minimum absolute atomic E-state index is 0.0919. The summed E-state index contributed by atoms with van der Waals surface area (Å²) in [6.07, 6.45) is 1.99. The first-order chi connectivity index (χ1) is 9.48. The van der Waals surface area contributed by atoms with Gasteiger partial charge in [-0.2, -0.15) is 0 Å². The van der Waals surface area contributed by atoms with Crippen LogP contribution in [0.1, 0.15) is 38.3 Å². The lowest BCUT2D eigenvalue weighted by molar-refractivity contribution is 0.505. The highest BCUT2D eigenvalue weighted by atomic mass is 35.5. The molecular formula is C14H23ClN2O2S. The van der Waals surface area contributed by atoms with E-state index in [1.807, 2.05) is 24.3 Å². The van der Waals surface area contributed by atoms with Crippen LogP contribution in [0.4, 0.5) is 0 Å². The molecule has 0 radical (unpaired) electrons. The second-order valence-corrected chi connectivity index (χ2v) is 7.03. The highest BCUT2D eigenvalue weighted by molar-refractivity contribution is 7.89. The third-order valence-corrected chi connectivity index (χ3v) is 4.70. The molecule has 0 amide bonds. The summed E-state index contributed by atoms with van der Waals surface area (Å²) in [4.78, 5) is 0. The molecule has 0 heterocycles. The molecule has 1 aromatic carbocycles. The fourth-order valence-electron chi connectivity index (χ4n) is 2.03. The van der Waals surface area contributed by atoms with E-state index in [1.165, 1.54) is 0 Å². The Morgan fingerprint density at radius 1 is 1.20 bits per heavy atom. The van der Waals surface area contributed by atoms with E-state index in [2.05, 4.69) is 17.0 Å². The van der Waals surface area contributed by atoms with Crippen molar-refractivity contribution in [2.75, 3.05) is 18.8 Å². The topological polar surface area (TPSA) is 58.2 Å². The van der Waals surface area contributed by atoms with Gasteiger partial charge in [0.2, 0.25) is 10.0 Å². The van der Waals surface area contributed by atoms with Crippen molar-refractivity contribution < 1.29 is 8.42 Å². The maximum absolute atomic E-state index is 11.6. The Morgan fingerprint density at radius 3 is 2.40 bits per heavy atom. The molecule has 0 fully saturated rings. The van der Waals surface area contributed by atoms with Crippen molar-refractivity contribution in [3.63, 3.8) is 0 Å². The largest absolute Gasteiger partial charge is 0.309 e. The SMILES string of the molecule is CCCC(NCCS(=O)(=O)NCC)c1ccc(Cl)cc1. The quantitative estimate of drug-likeness (QED) is 0.736. The summed E-state index contributed by atoms with van der Waals surface area (Å²) in [6.45, 7) is 4.75. The first kappa shape index (κ1) is 17.4. The molecule has 6 heteroatoms. The molecule has 1 aromatic rings. The molecule has 0 spiro atoms. The van der Waals surface area contributed by atoms with E-state index in [9.17, 15) is 8.42 Å². The van der Waals surface area contributed by atoms with Gasteiger partial charge in [0.15, 0.2) is 0 Å². The van der Waals surface area contributed by atoms with E-state index in [1.54, 1.807) is 6.92 Å². The van der Waals surface area contributed by atoms with Crippen LogP contribution in [0.3, 0.4) is 0 Å². The zero-order valence-electron chi connectivity index (χ0n) is 12.0. The lowest BCUT2D eigenvalue weighted by atomic mass is 10.0. The molecule has 0 aliphatic heterocycles. The van der Waals surface area contributed by atoms with E-state index >= 15 is 0 Å². The van der Waals surface area contributed by atoms with Gasteiger partial charge in [-0.3, -0.25) is 0 Å². The fraction of sp³-hybridized carbons (Fsp3) is 0.571. The van der Waals surface area contributed by atoms with Gasteiger partial charge in [-0.1, -0.05) is 44.0 Å². The molecule has 20 heavy (non-hydrogen) atoms. The molecule has 0 aliphatic carbocycles. The normalized spacial score (nSPS) is 13.3. The number of hydrogen-bond acceptors (Lipinski definition) is 3. The summed E-state index contributed by atoms with van der Waals surface area (Å²) in [5.74, 6) is 0.0919. The third kappa shape index (κ3) is 6.22. The second kappa shape index (κ2) is 8.62. The maximum Gasteiger partial charge on any atom is 0.212 e. The van der Waals surface area contributed by atoms with Gasteiger partial charge < -0.3 is 5.32 Å². The van der Waals surface area contributed by atoms with Gasteiger partial charge >= 0.3 is 0 Å². The van der Waals surface area contributed by atoms with Crippen LogP contribution in [0.25, 0.3) is 0 Å². The Bertz CT molecular complexity index is 488. The number of hydrogen-bond donors (Lipinski definition) is 2. The van der Waals surface area contributed by atoms with E-state index in [-0.39, 0.29) is 11.8 Å². The van der Waals surface area contributed by atoms with Crippen LogP contribution in [0, 0.1) is 0 Å². The Hall–Kier alpha value is -0.620. The average Bonchev–Trinajstić information content (AvgIpc) is 2.38. The van der Waals surface area contributed by atoms with Gasteiger partial charge in [-0.05, 0) is 24.1 Å². The zero-order chi connectivity index (χ0) is 15.0. The Kier molecular flexibility index (Phi) is 7.51. The third-order valence-electron chi connectivity index (χ3n) is 2.98. The molecule has 4 nitrogen and oxygen atoms in total. The van der Waals surface area contributed by atoms with Gasteiger partial charge in [0.25, 0.3) is 0 Å². The van der Waals surface area contributed by atoms with E-state index in [0.717, 1.165) is 18.4 Å². The van der Waals surface area contributed by atoms with E-state index in [0.29, 0.717) is 18.1 Å². The predicted molar refractivity (Wildman–Crippen MR) is 84.6 cm³/mol. The van der Waals surface area contributed by atoms with Crippen LogP contribution >= 0.6 is 11.6 Å². The lowest BCUT2D eigenvalue weighted by Crippen LogP contribution is -2.33. The lowest BCUT2D eigenvalue weighted by Gasteiger charge is -2.18. The molecule has 1 unspecified atom stereocenters. The van der Waals surface area contributed by atoms with Crippen molar-refractivity contribution in [3.8, 4) is 0 Å². The number of benzene rings is 1.